The average molecular weight is 622 g/mol. The smallest absolute Gasteiger partial charge is 0.247 e. The summed E-state index contributed by atoms with van der Waals surface area (Å²) in [7, 11) is 0. The van der Waals surface area contributed by atoms with Crippen LogP contribution in [0.15, 0.2) is 116 Å². The molecule has 0 aromatic heterocycles. The van der Waals surface area contributed by atoms with Gasteiger partial charge in [0.25, 0.3) is 0 Å². The maximum absolute atomic E-state index is 14.9. The Hall–Kier alpha value is -4.14. The van der Waals surface area contributed by atoms with Crippen LogP contribution in [0.25, 0.3) is 0 Å². The average Bonchev–Trinajstić information content (AvgIpc) is 3.72. The molecule has 3 aliphatic rings. The summed E-state index contributed by atoms with van der Waals surface area (Å²) in [6, 6.07) is 27.0. The predicted octanol–water partition coefficient (Wildman–Crippen LogP) is 5.25. The number of fused-ring (bicyclic) bond motifs is 1. The van der Waals surface area contributed by atoms with Crippen molar-refractivity contribution in [3.8, 4) is 0 Å². The van der Waals surface area contributed by atoms with E-state index >= 15 is 0 Å². The molecular formula is C37H39N3O4S. The molecule has 232 valence electrons. The summed E-state index contributed by atoms with van der Waals surface area (Å²) in [5, 5.41) is 10.7. The third-order valence-electron chi connectivity index (χ3n) is 9.47. The van der Waals surface area contributed by atoms with Crippen molar-refractivity contribution >= 4 is 35.2 Å². The lowest BCUT2D eigenvalue weighted by Crippen LogP contribution is -2.55. The molecule has 0 saturated carbocycles. The van der Waals surface area contributed by atoms with E-state index in [1.807, 2.05) is 91.0 Å². The molecule has 8 heteroatoms. The third kappa shape index (κ3) is 5.40. The van der Waals surface area contributed by atoms with Gasteiger partial charge in [-0.1, -0.05) is 91.0 Å². The zero-order chi connectivity index (χ0) is 31.6. The minimum absolute atomic E-state index is 0.0915. The second-order valence-electron chi connectivity index (χ2n) is 12.0. The second kappa shape index (κ2) is 13.1. The number of hydrogen-bond acceptors (Lipinski definition) is 5. The van der Waals surface area contributed by atoms with Crippen molar-refractivity contribution in [2.75, 3.05) is 24.6 Å². The van der Waals surface area contributed by atoms with Crippen LogP contribution in [0.5, 0.6) is 0 Å². The Kier molecular flexibility index (Phi) is 8.97. The molecule has 3 amide bonds. The topological polar surface area (TPSA) is 81.2 Å². The molecule has 3 aliphatic heterocycles. The SMILES string of the molecule is C=CCN(Cc1ccccc1)C(=O)C1N([C@H](CO)c2ccccc2)C(=O)[C@@H]2[C@@H](C(=O)N(CC=C)c3ccccc3)[C@H]3CCC12S3. The highest BCUT2D eigenvalue weighted by atomic mass is 32.2. The number of thioether (sulfide) groups is 1. The molecule has 3 saturated heterocycles. The van der Waals surface area contributed by atoms with Gasteiger partial charge in [-0.3, -0.25) is 14.4 Å². The Morgan fingerprint density at radius 2 is 1.56 bits per heavy atom. The molecule has 2 unspecified atom stereocenters. The highest BCUT2D eigenvalue weighted by Gasteiger charge is 2.74. The fourth-order valence-electron chi connectivity index (χ4n) is 7.62. The van der Waals surface area contributed by atoms with E-state index in [9.17, 15) is 19.5 Å². The highest BCUT2D eigenvalue weighted by Crippen LogP contribution is 2.67. The Morgan fingerprint density at radius 3 is 2.18 bits per heavy atom. The van der Waals surface area contributed by atoms with Crippen molar-refractivity contribution in [2.24, 2.45) is 11.8 Å². The molecule has 3 fully saturated rings. The molecule has 0 radical (unpaired) electrons. The van der Waals surface area contributed by atoms with Gasteiger partial charge in [-0.2, -0.15) is 0 Å². The number of carbonyl (C=O) groups is 3. The van der Waals surface area contributed by atoms with E-state index in [4.69, 9.17) is 0 Å². The number of anilines is 1. The summed E-state index contributed by atoms with van der Waals surface area (Å²) in [5.41, 5.74) is 2.47. The van der Waals surface area contributed by atoms with Gasteiger partial charge in [-0.15, -0.1) is 24.9 Å². The maximum Gasteiger partial charge on any atom is 0.247 e. The molecule has 3 aromatic carbocycles. The van der Waals surface area contributed by atoms with E-state index in [-0.39, 0.29) is 29.6 Å². The predicted molar refractivity (Wildman–Crippen MR) is 178 cm³/mol. The van der Waals surface area contributed by atoms with Crippen molar-refractivity contribution in [3.63, 3.8) is 0 Å². The minimum atomic E-state index is -0.853. The molecule has 1 spiro atoms. The van der Waals surface area contributed by atoms with E-state index in [0.29, 0.717) is 26.1 Å². The van der Waals surface area contributed by atoms with Crippen LogP contribution in [-0.2, 0) is 20.9 Å². The maximum atomic E-state index is 14.9. The molecule has 6 rings (SSSR count). The van der Waals surface area contributed by atoms with Gasteiger partial charge >= 0.3 is 0 Å². The summed E-state index contributed by atoms with van der Waals surface area (Å²) >= 11 is 1.63. The lowest BCUT2D eigenvalue weighted by molar-refractivity contribution is -0.146. The summed E-state index contributed by atoms with van der Waals surface area (Å²) in [6.07, 6.45) is 4.78. The number of benzene rings is 3. The van der Waals surface area contributed by atoms with Gasteiger partial charge in [0, 0.05) is 30.6 Å². The Balaban J connectivity index is 1.44. The van der Waals surface area contributed by atoms with Gasteiger partial charge < -0.3 is 19.8 Å². The van der Waals surface area contributed by atoms with E-state index < -0.39 is 28.7 Å². The first-order chi connectivity index (χ1) is 21.9. The van der Waals surface area contributed by atoms with Crippen molar-refractivity contribution in [1.82, 2.24) is 9.80 Å². The standard InChI is InChI=1S/C37H39N3O4S/c1-3-22-38(24-26-14-8-5-9-15-26)36(44)33-37-21-20-30(45-37)31(34(42)39(23-4-2)28-18-12-7-13-19-28)32(37)35(43)40(33)29(25-41)27-16-10-6-11-17-27/h3-19,29-33,41H,1-2,20-25H2/t29-,30-,31+,32+,33?,37?/m1/s1. The van der Waals surface area contributed by atoms with Gasteiger partial charge in [-0.25, -0.2) is 0 Å². The summed E-state index contributed by atoms with van der Waals surface area (Å²) in [4.78, 5) is 49.3. The van der Waals surface area contributed by atoms with Crippen LogP contribution in [0.4, 0.5) is 5.69 Å². The second-order valence-corrected chi connectivity index (χ2v) is 13.6. The van der Waals surface area contributed by atoms with E-state index in [1.165, 1.54) is 0 Å². The molecule has 6 atom stereocenters. The van der Waals surface area contributed by atoms with Crippen LogP contribution in [0.1, 0.15) is 30.0 Å². The van der Waals surface area contributed by atoms with E-state index in [1.54, 1.807) is 38.6 Å². The molecule has 3 heterocycles. The fraction of sp³-hybridized carbons (Fsp3) is 0.324. The number of amides is 3. The Labute approximate surface area is 269 Å². The monoisotopic (exact) mass is 621 g/mol. The largest absolute Gasteiger partial charge is 0.394 e. The van der Waals surface area contributed by atoms with Crippen LogP contribution in [0.2, 0.25) is 0 Å². The van der Waals surface area contributed by atoms with E-state index in [2.05, 4.69) is 13.2 Å². The van der Waals surface area contributed by atoms with Crippen LogP contribution < -0.4 is 4.90 Å². The van der Waals surface area contributed by atoms with Crippen molar-refractivity contribution < 1.29 is 19.5 Å². The summed E-state index contributed by atoms with van der Waals surface area (Å²) in [5.74, 6) is -1.85. The van der Waals surface area contributed by atoms with Crippen molar-refractivity contribution in [3.05, 3.63) is 127 Å². The molecule has 7 nitrogen and oxygen atoms in total. The van der Waals surface area contributed by atoms with Gasteiger partial charge in [0.2, 0.25) is 17.7 Å². The van der Waals surface area contributed by atoms with Crippen LogP contribution in [0.3, 0.4) is 0 Å². The zero-order valence-corrected chi connectivity index (χ0v) is 26.1. The third-order valence-corrected chi connectivity index (χ3v) is 11.4. The number of rotatable bonds is 12. The van der Waals surface area contributed by atoms with Gasteiger partial charge in [0.05, 0.1) is 29.2 Å². The lowest BCUT2D eigenvalue weighted by Gasteiger charge is -2.40. The first kappa shape index (κ1) is 30.9. The number of hydrogen-bond donors (Lipinski definition) is 1. The Bertz CT molecular complexity index is 1550. The summed E-state index contributed by atoms with van der Waals surface area (Å²) < 4.78 is -0.798. The van der Waals surface area contributed by atoms with Crippen molar-refractivity contribution in [2.45, 2.75) is 41.5 Å². The minimum Gasteiger partial charge on any atom is -0.394 e. The number of aliphatic hydroxyl groups excluding tert-OH is 1. The first-order valence-corrected chi connectivity index (χ1v) is 16.4. The lowest BCUT2D eigenvalue weighted by atomic mass is 9.70. The quantitative estimate of drug-likeness (QED) is 0.280. The van der Waals surface area contributed by atoms with Gasteiger partial charge in [0.15, 0.2) is 0 Å². The van der Waals surface area contributed by atoms with Crippen LogP contribution >= 0.6 is 11.8 Å². The fourth-order valence-corrected chi connectivity index (χ4v) is 9.81. The number of likely N-dealkylation sites (tertiary alicyclic amines) is 1. The first-order valence-electron chi connectivity index (χ1n) is 15.5. The molecule has 2 bridgehead atoms. The molecule has 1 N–H and O–H groups in total. The summed E-state index contributed by atoms with van der Waals surface area (Å²) in [6.45, 7) is 8.44. The van der Waals surface area contributed by atoms with Gasteiger partial charge in [0.1, 0.15) is 6.04 Å². The number of carbonyl (C=O) groups excluding carboxylic acids is 3. The number of para-hydroxylation sites is 1. The number of nitrogens with zero attached hydrogens (tertiary/aromatic N) is 3. The normalized spacial score (nSPS) is 25.4. The van der Waals surface area contributed by atoms with Gasteiger partial charge in [-0.05, 0) is 36.1 Å². The molecule has 3 aromatic rings. The molecule has 45 heavy (non-hydrogen) atoms. The van der Waals surface area contributed by atoms with Crippen LogP contribution in [-0.4, -0.2) is 68.4 Å². The number of aliphatic hydroxyl groups is 1. The molecular weight excluding hydrogens is 582 g/mol. The Morgan fingerprint density at radius 1 is 0.933 bits per heavy atom. The molecule has 0 aliphatic carbocycles. The van der Waals surface area contributed by atoms with E-state index in [0.717, 1.165) is 23.2 Å². The highest BCUT2D eigenvalue weighted by molar-refractivity contribution is 8.02. The zero-order valence-electron chi connectivity index (χ0n) is 25.3. The van der Waals surface area contributed by atoms with Crippen molar-refractivity contribution in [1.29, 1.82) is 0 Å². The van der Waals surface area contributed by atoms with Crippen LogP contribution in [0, 0.1) is 11.8 Å².